The van der Waals surface area contributed by atoms with Gasteiger partial charge < -0.3 is 24.4 Å². The monoisotopic (exact) mass is 382 g/mol. The van der Waals surface area contributed by atoms with Crippen molar-refractivity contribution >= 4 is 17.5 Å². The quantitative estimate of drug-likeness (QED) is 0.778. The minimum absolute atomic E-state index is 0.200. The molecule has 0 spiro atoms. The van der Waals surface area contributed by atoms with Gasteiger partial charge in [-0.2, -0.15) is 0 Å². The lowest BCUT2D eigenvalue weighted by Crippen LogP contribution is -2.49. The van der Waals surface area contributed by atoms with E-state index >= 15 is 0 Å². The SMILES string of the molecule is C=CC(=O)N1CCO[C@H](C(=O)Nc2ccc(Oc3ccccc3OC)cc2)C1. The summed E-state index contributed by atoms with van der Waals surface area (Å²) in [5.74, 6) is 1.33. The highest BCUT2D eigenvalue weighted by Crippen LogP contribution is 2.31. The summed E-state index contributed by atoms with van der Waals surface area (Å²) in [4.78, 5) is 25.7. The van der Waals surface area contributed by atoms with E-state index in [-0.39, 0.29) is 18.4 Å². The van der Waals surface area contributed by atoms with Gasteiger partial charge in [-0.25, -0.2) is 0 Å². The molecule has 2 aromatic carbocycles. The number of methoxy groups -OCH3 is 1. The van der Waals surface area contributed by atoms with E-state index in [1.54, 1.807) is 36.3 Å². The predicted molar refractivity (Wildman–Crippen MR) is 105 cm³/mol. The van der Waals surface area contributed by atoms with Crippen molar-refractivity contribution in [1.82, 2.24) is 4.90 Å². The summed E-state index contributed by atoms with van der Waals surface area (Å²) in [6.07, 6.45) is 0.517. The molecule has 1 atom stereocenters. The molecule has 3 rings (SSSR count). The van der Waals surface area contributed by atoms with Crippen LogP contribution in [0, 0.1) is 0 Å². The molecule has 0 aliphatic carbocycles. The zero-order valence-corrected chi connectivity index (χ0v) is 15.6. The first kappa shape index (κ1) is 19.4. The van der Waals surface area contributed by atoms with Crippen LogP contribution in [-0.4, -0.2) is 49.6 Å². The fraction of sp³-hybridized carbons (Fsp3) is 0.238. The number of para-hydroxylation sites is 2. The second-order valence-electron chi connectivity index (χ2n) is 6.11. The van der Waals surface area contributed by atoms with Crippen molar-refractivity contribution in [3.63, 3.8) is 0 Å². The lowest BCUT2D eigenvalue weighted by atomic mass is 10.2. The van der Waals surface area contributed by atoms with Gasteiger partial charge in [0.1, 0.15) is 5.75 Å². The fourth-order valence-corrected chi connectivity index (χ4v) is 2.80. The minimum atomic E-state index is -0.720. The zero-order chi connectivity index (χ0) is 19.9. The predicted octanol–water partition coefficient (Wildman–Crippen LogP) is 2.84. The average Bonchev–Trinajstić information content (AvgIpc) is 2.75. The molecule has 0 saturated carbocycles. The van der Waals surface area contributed by atoms with Crippen molar-refractivity contribution in [3.8, 4) is 17.2 Å². The maximum atomic E-state index is 12.4. The van der Waals surface area contributed by atoms with Crippen molar-refractivity contribution in [2.75, 3.05) is 32.1 Å². The molecule has 2 aromatic rings. The Bertz CT molecular complexity index is 850. The Hall–Kier alpha value is -3.32. The van der Waals surface area contributed by atoms with Gasteiger partial charge in [0.05, 0.1) is 20.3 Å². The summed E-state index contributed by atoms with van der Waals surface area (Å²) in [5, 5.41) is 2.79. The maximum absolute atomic E-state index is 12.4. The number of anilines is 1. The normalized spacial score (nSPS) is 16.2. The second-order valence-corrected chi connectivity index (χ2v) is 6.11. The molecular formula is C21H22N2O5. The van der Waals surface area contributed by atoms with Gasteiger partial charge >= 0.3 is 0 Å². The van der Waals surface area contributed by atoms with Gasteiger partial charge in [0.15, 0.2) is 17.6 Å². The molecule has 0 aromatic heterocycles. The highest BCUT2D eigenvalue weighted by molar-refractivity contribution is 5.95. The Labute approximate surface area is 163 Å². The number of nitrogens with zero attached hydrogens (tertiary/aromatic N) is 1. The minimum Gasteiger partial charge on any atom is -0.493 e. The number of nitrogens with one attached hydrogen (secondary N) is 1. The fourth-order valence-electron chi connectivity index (χ4n) is 2.80. The van der Waals surface area contributed by atoms with Crippen molar-refractivity contribution in [3.05, 3.63) is 61.2 Å². The Balaban J connectivity index is 1.60. The molecule has 0 unspecified atom stereocenters. The van der Waals surface area contributed by atoms with Crippen LogP contribution in [0.5, 0.6) is 17.2 Å². The molecular weight excluding hydrogens is 360 g/mol. The van der Waals surface area contributed by atoms with Gasteiger partial charge in [-0.15, -0.1) is 0 Å². The van der Waals surface area contributed by atoms with Crippen LogP contribution in [-0.2, 0) is 14.3 Å². The van der Waals surface area contributed by atoms with E-state index in [0.29, 0.717) is 36.1 Å². The molecule has 28 heavy (non-hydrogen) atoms. The molecule has 1 N–H and O–H groups in total. The summed E-state index contributed by atoms with van der Waals surface area (Å²) < 4.78 is 16.6. The van der Waals surface area contributed by atoms with Gasteiger partial charge in [0.2, 0.25) is 5.91 Å². The van der Waals surface area contributed by atoms with Crippen molar-refractivity contribution in [2.45, 2.75) is 6.10 Å². The Morgan fingerprint density at radius 2 is 1.89 bits per heavy atom. The van der Waals surface area contributed by atoms with Crippen LogP contribution >= 0.6 is 0 Å². The molecule has 2 amide bonds. The number of hydrogen-bond acceptors (Lipinski definition) is 5. The molecule has 1 heterocycles. The van der Waals surface area contributed by atoms with Gasteiger partial charge in [-0.3, -0.25) is 9.59 Å². The Morgan fingerprint density at radius 1 is 1.18 bits per heavy atom. The van der Waals surface area contributed by atoms with Crippen LogP contribution in [0.3, 0.4) is 0 Å². The van der Waals surface area contributed by atoms with Crippen molar-refractivity contribution in [1.29, 1.82) is 0 Å². The van der Waals surface area contributed by atoms with E-state index in [9.17, 15) is 9.59 Å². The van der Waals surface area contributed by atoms with Crippen LogP contribution in [0.15, 0.2) is 61.2 Å². The molecule has 7 nitrogen and oxygen atoms in total. The number of ether oxygens (including phenoxy) is 3. The third-order valence-electron chi connectivity index (χ3n) is 4.26. The molecule has 1 saturated heterocycles. The topological polar surface area (TPSA) is 77.1 Å². The molecule has 1 fully saturated rings. The molecule has 1 aliphatic heterocycles. The number of morpholine rings is 1. The highest BCUT2D eigenvalue weighted by Gasteiger charge is 2.28. The van der Waals surface area contributed by atoms with Crippen LogP contribution in [0.4, 0.5) is 5.69 Å². The number of amides is 2. The van der Waals surface area contributed by atoms with Crippen molar-refractivity contribution < 1.29 is 23.8 Å². The molecule has 1 aliphatic rings. The van der Waals surface area contributed by atoms with E-state index in [4.69, 9.17) is 14.2 Å². The number of benzene rings is 2. The highest BCUT2D eigenvalue weighted by atomic mass is 16.5. The van der Waals surface area contributed by atoms with Crippen LogP contribution in [0.2, 0.25) is 0 Å². The van der Waals surface area contributed by atoms with Gasteiger partial charge in [-0.05, 0) is 42.5 Å². The van der Waals surface area contributed by atoms with Crippen LogP contribution < -0.4 is 14.8 Å². The van der Waals surface area contributed by atoms with E-state index in [2.05, 4.69) is 11.9 Å². The van der Waals surface area contributed by atoms with Crippen molar-refractivity contribution in [2.24, 2.45) is 0 Å². The first-order chi connectivity index (χ1) is 13.6. The summed E-state index contributed by atoms with van der Waals surface area (Å²) in [5.41, 5.74) is 0.605. The standard InChI is InChI=1S/C21H22N2O5/c1-3-20(24)23-12-13-27-19(14-23)21(25)22-15-8-10-16(11-9-15)28-18-7-5-4-6-17(18)26-2/h3-11,19H,1,12-14H2,2H3,(H,22,25)/t19-/m0/s1. The Morgan fingerprint density at radius 3 is 2.57 bits per heavy atom. The summed E-state index contributed by atoms with van der Waals surface area (Å²) in [7, 11) is 1.58. The number of carbonyl (C=O) groups excluding carboxylic acids is 2. The Kier molecular flexibility index (Phi) is 6.29. The maximum Gasteiger partial charge on any atom is 0.255 e. The van der Waals surface area contributed by atoms with E-state index in [1.165, 1.54) is 6.08 Å². The molecule has 146 valence electrons. The van der Waals surface area contributed by atoms with E-state index in [1.807, 2.05) is 24.3 Å². The number of rotatable bonds is 6. The van der Waals surface area contributed by atoms with Crippen LogP contribution in [0.1, 0.15) is 0 Å². The summed E-state index contributed by atoms with van der Waals surface area (Å²) in [6, 6.07) is 14.3. The first-order valence-corrected chi connectivity index (χ1v) is 8.85. The van der Waals surface area contributed by atoms with E-state index in [0.717, 1.165) is 0 Å². The second kappa shape index (κ2) is 9.05. The molecule has 7 heteroatoms. The third-order valence-corrected chi connectivity index (χ3v) is 4.26. The number of carbonyl (C=O) groups is 2. The summed E-state index contributed by atoms with van der Waals surface area (Å²) in [6.45, 7) is 4.43. The largest absolute Gasteiger partial charge is 0.493 e. The lowest BCUT2D eigenvalue weighted by molar-refractivity contribution is -0.141. The average molecular weight is 382 g/mol. The molecule has 0 radical (unpaired) electrons. The lowest BCUT2D eigenvalue weighted by Gasteiger charge is -2.31. The first-order valence-electron chi connectivity index (χ1n) is 8.85. The molecule has 0 bridgehead atoms. The smallest absolute Gasteiger partial charge is 0.255 e. The van der Waals surface area contributed by atoms with Gasteiger partial charge in [0, 0.05) is 12.2 Å². The summed E-state index contributed by atoms with van der Waals surface area (Å²) >= 11 is 0. The van der Waals surface area contributed by atoms with Crippen LogP contribution in [0.25, 0.3) is 0 Å². The number of hydrogen-bond donors (Lipinski definition) is 1. The third kappa shape index (κ3) is 4.69. The van der Waals surface area contributed by atoms with Gasteiger partial charge in [-0.1, -0.05) is 18.7 Å². The van der Waals surface area contributed by atoms with Gasteiger partial charge in [0.25, 0.3) is 5.91 Å². The zero-order valence-electron chi connectivity index (χ0n) is 15.6. The van der Waals surface area contributed by atoms with E-state index < -0.39 is 6.10 Å².